The molecule has 0 bridgehead atoms. The Labute approximate surface area is 107 Å². The third kappa shape index (κ3) is 4.83. The van der Waals surface area contributed by atoms with Crippen LogP contribution in [0.3, 0.4) is 0 Å². The first kappa shape index (κ1) is 15.3. The first-order valence-electron chi connectivity index (χ1n) is 4.94. The van der Waals surface area contributed by atoms with Gasteiger partial charge in [-0.2, -0.15) is 13.2 Å². The van der Waals surface area contributed by atoms with Crippen LogP contribution in [0.2, 0.25) is 0 Å². The molecule has 1 aliphatic carbocycles. The van der Waals surface area contributed by atoms with Crippen LogP contribution < -0.4 is 0 Å². The molecule has 3 nitrogen and oxygen atoms in total. The van der Waals surface area contributed by atoms with E-state index >= 15 is 0 Å². The van der Waals surface area contributed by atoms with Gasteiger partial charge in [0.05, 0.1) is 10.5 Å². The van der Waals surface area contributed by atoms with Gasteiger partial charge < -0.3 is 5.73 Å². The number of alkyl halides is 3. The number of benzene rings is 1. The van der Waals surface area contributed by atoms with Crippen LogP contribution in [0.1, 0.15) is 18.4 Å². The van der Waals surface area contributed by atoms with Crippen molar-refractivity contribution in [1.29, 1.82) is 0 Å². The molecule has 2 rings (SSSR count). The lowest BCUT2D eigenvalue weighted by atomic mass is 10.2. The van der Waals surface area contributed by atoms with Crippen molar-refractivity contribution in [2.45, 2.75) is 30.0 Å². The van der Waals surface area contributed by atoms with Gasteiger partial charge in [0.2, 0.25) is 0 Å². The molecule has 1 fully saturated rings. The average Bonchev–Trinajstić information content (AvgIpc) is 2.99. The van der Waals surface area contributed by atoms with Gasteiger partial charge in [-0.25, -0.2) is 8.42 Å². The van der Waals surface area contributed by atoms with Gasteiger partial charge in [0.25, 0.3) is 9.05 Å². The molecule has 0 atom stereocenters. The second kappa shape index (κ2) is 5.46. The third-order valence-corrected chi connectivity index (χ3v) is 3.41. The fraction of sp³-hybridized carbons (Fsp3) is 0.400. The van der Waals surface area contributed by atoms with Crippen molar-refractivity contribution in [2.75, 3.05) is 0 Å². The SMILES string of the molecule is O=S(=O)(Cl)c1ccccc1C(F)(F)F.[NH-]C1CC1. The monoisotopic (exact) mass is 300 g/mol. The normalized spacial score (nSPS) is 15.8. The Morgan fingerprint density at radius 2 is 1.67 bits per heavy atom. The summed E-state index contributed by atoms with van der Waals surface area (Å²) in [6.07, 6.45) is -2.42. The van der Waals surface area contributed by atoms with E-state index < -0.39 is 25.7 Å². The molecule has 0 spiro atoms. The van der Waals surface area contributed by atoms with E-state index in [0.29, 0.717) is 12.1 Å². The summed E-state index contributed by atoms with van der Waals surface area (Å²) in [6.45, 7) is 0. The Balaban J connectivity index is 0.000000341. The van der Waals surface area contributed by atoms with E-state index in [0.717, 1.165) is 25.0 Å². The lowest BCUT2D eigenvalue weighted by molar-refractivity contribution is -0.139. The minimum Gasteiger partial charge on any atom is -0.675 e. The highest BCUT2D eigenvalue weighted by atomic mass is 35.7. The van der Waals surface area contributed by atoms with Gasteiger partial charge in [0.15, 0.2) is 0 Å². The second-order valence-electron chi connectivity index (χ2n) is 3.71. The van der Waals surface area contributed by atoms with Gasteiger partial charge in [-0.15, -0.1) is 6.04 Å². The van der Waals surface area contributed by atoms with E-state index in [-0.39, 0.29) is 0 Å². The van der Waals surface area contributed by atoms with Gasteiger partial charge in [-0.1, -0.05) is 25.0 Å². The summed E-state index contributed by atoms with van der Waals surface area (Å²) in [4.78, 5) is -0.922. The van der Waals surface area contributed by atoms with Crippen LogP contribution in [0.15, 0.2) is 29.2 Å². The maximum absolute atomic E-state index is 12.3. The van der Waals surface area contributed by atoms with Crippen molar-refractivity contribution in [3.63, 3.8) is 0 Å². The number of rotatable bonds is 1. The van der Waals surface area contributed by atoms with Crippen molar-refractivity contribution in [2.24, 2.45) is 0 Å². The van der Waals surface area contributed by atoms with Gasteiger partial charge in [0.1, 0.15) is 0 Å². The number of nitrogens with one attached hydrogen (secondary N) is 1. The average molecular weight is 301 g/mol. The fourth-order valence-electron chi connectivity index (χ4n) is 0.997. The van der Waals surface area contributed by atoms with Gasteiger partial charge in [-0.05, 0) is 12.1 Å². The molecule has 0 aromatic heterocycles. The van der Waals surface area contributed by atoms with Crippen molar-refractivity contribution in [3.8, 4) is 0 Å². The molecule has 0 aliphatic heterocycles. The summed E-state index contributed by atoms with van der Waals surface area (Å²) >= 11 is 0. The summed E-state index contributed by atoms with van der Waals surface area (Å²) in [5.74, 6) is 0. The third-order valence-electron chi connectivity index (χ3n) is 2.03. The van der Waals surface area contributed by atoms with E-state index in [1.165, 1.54) is 6.07 Å². The summed E-state index contributed by atoms with van der Waals surface area (Å²) in [5.41, 5.74) is 5.44. The molecule has 1 aromatic rings. The van der Waals surface area contributed by atoms with E-state index in [4.69, 9.17) is 16.4 Å². The van der Waals surface area contributed by atoms with Crippen molar-refractivity contribution >= 4 is 19.7 Å². The quantitative estimate of drug-likeness (QED) is 0.740. The highest BCUT2D eigenvalue weighted by molar-refractivity contribution is 8.13. The lowest BCUT2D eigenvalue weighted by Gasteiger charge is -2.09. The summed E-state index contributed by atoms with van der Waals surface area (Å²) in [5, 5.41) is 0. The van der Waals surface area contributed by atoms with Gasteiger partial charge in [-0.3, -0.25) is 0 Å². The topological polar surface area (TPSA) is 57.9 Å². The first-order chi connectivity index (χ1) is 8.12. The smallest absolute Gasteiger partial charge is 0.417 e. The number of hydrogen-bond acceptors (Lipinski definition) is 2. The number of halogens is 4. The molecule has 0 heterocycles. The van der Waals surface area contributed by atoms with Crippen LogP contribution in [0.4, 0.5) is 13.2 Å². The molecule has 0 amide bonds. The van der Waals surface area contributed by atoms with Crippen LogP contribution in [0.5, 0.6) is 0 Å². The molecule has 1 saturated carbocycles. The maximum Gasteiger partial charge on any atom is 0.417 e. The van der Waals surface area contributed by atoms with Gasteiger partial charge >= 0.3 is 6.18 Å². The minimum absolute atomic E-state index is 0.333. The predicted molar refractivity (Wildman–Crippen MR) is 61.8 cm³/mol. The molecular weight excluding hydrogens is 291 g/mol. The lowest BCUT2D eigenvalue weighted by Crippen LogP contribution is -2.10. The van der Waals surface area contributed by atoms with Gasteiger partial charge in [0, 0.05) is 10.7 Å². The predicted octanol–water partition coefficient (Wildman–Crippen LogP) is 3.83. The summed E-state index contributed by atoms with van der Waals surface area (Å²) < 4.78 is 58.3. The molecule has 1 aromatic carbocycles. The highest BCUT2D eigenvalue weighted by Crippen LogP contribution is 2.34. The molecule has 0 radical (unpaired) electrons. The zero-order valence-corrected chi connectivity index (χ0v) is 10.6. The van der Waals surface area contributed by atoms with Crippen molar-refractivity contribution in [3.05, 3.63) is 35.6 Å². The molecule has 8 heteroatoms. The molecular formula is C10H10ClF3NO2S-. The van der Waals surface area contributed by atoms with E-state index in [2.05, 4.69) is 0 Å². The Hall–Kier alpha value is -0.790. The molecule has 1 aliphatic rings. The van der Waals surface area contributed by atoms with Crippen LogP contribution in [0, 0.1) is 0 Å². The van der Waals surface area contributed by atoms with Crippen LogP contribution in [-0.4, -0.2) is 14.5 Å². The van der Waals surface area contributed by atoms with Crippen molar-refractivity contribution < 1.29 is 21.6 Å². The van der Waals surface area contributed by atoms with E-state index in [9.17, 15) is 21.6 Å². The van der Waals surface area contributed by atoms with Crippen molar-refractivity contribution in [1.82, 2.24) is 0 Å². The zero-order valence-electron chi connectivity index (χ0n) is 9.04. The summed E-state index contributed by atoms with van der Waals surface area (Å²) in [6, 6.07) is 4.07. The number of hydrogen-bond donors (Lipinski definition) is 0. The Bertz CT molecular complexity index is 512. The van der Waals surface area contributed by atoms with E-state index in [1.807, 2.05) is 0 Å². The Morgan fingerprint density at radius 3 is 1.94 bits per heavy atom. The van der Waals surface area contributed by atoms with Crippen LogP contribution in [0.25, 0.3) is 5.73 Å². The molecule has 18 heavy (non-hydrogen) atoms. The molecule has 102 valence electrons. The van der Waals surface area contributed by atoms with Crippen LogP contribution in [-0.2, 0) is 15.2 Å². The van der Waals surface area contributed by atoms with Crippen LogP contribution >= 0.6 is 10.7 Å². The van der Waals surface area contributed by atoms with E-state index in [1.54, 1.807) is 0 Å². The molecule has 1 N–H and O–H groups in total. The Kier molecular flexibility index (Phi) is 4.63. The maximum atomic E-state index is 12.3. The standard InChI is InChI=1S/C7H4ClF3O2S.C3H6N/c8-14(12,13)6-4-2-1-3-5(6)7(9,10)11;4-3-1-2-3/h1-4H;3-4H,1-2H2/q;-1. The first-order valence-corrected chi connectivity index (χ1v) is 7.25. The second-order valence-corrected chi connectivity index (χ2v) is 6.24. The highest BCUT2D eigenvalue weighted by Gasteiger charge is 2.36. The molecule has 0 saturated heterocycles. The fourth-order valence-corrected chi connectivity index (χ4v) is 2.09. The largest absolute Gasteiger partial charge is 0.675 e. The zero-order chi connectivity index (χ0) is 14.0. The Morgan fingerprint density at radius 1 is 1.22 bits per heavy atom. The summed E-state index contributed by atoms with van der Waals surface area (Å²) in [7, 11) is 0.478. The minimum atomic E-state index is -4.72. The molecule has 0 unspecified atom stereocenters.